The Morgan fingerprint density at radius 1 is 1.14 bits per heavy atom. The number of amides is 1. The van der Waals surface area contributed by atoms with E-state index in [4.69, 9.17) is 4.52 Å². The third-order valence-corrected chi connectivity index (χ3v) is 4.17. The second kappa shape index (κ2) is 7.63. The van der Waals surface area contributed by atoms with Gasteiger partial charge in [-0.25, -0.2) is 13.8 Å². The molecule has 29 heavy (non-hydrogen) atoms. The van der Waals surface area contributed by atoms with E-state index >= 15 is 0 Å². The number of carbonyl (C=O) groups excluding carboxylic acids is 1. The molecule has 0 aliphatic rings. The summed E-state index contributed by atoms with van der Waals surface area (Å²) in [6, 6.07) is 12.1. The molecule has 2 heterocycles. The highest BCUT2D eigenvalue weighted by molar-refractivity contribution is 5.90. The summed E-state index contributed by atoms with van der Waals surface area (Å²) < 4.78 is 33.8. The van der Waals surface area contributed by atoms with Crippen LogP contribution in [0.1, 0.15) is 5.82 Å². The Morgan fingerprint density at radius 2 is 1.93 bits per heavy atom. The van der Waals surface area contributed by atoms with Gasteiger partial charge in [-0.3, -0.25) is 4.79 Å². The molecule has 0 saturated carbocycles. The summed E-state index contributed by atoms with van der Waals surface area (Å²) in [5.41, 5.74) is 0.982. The molecule has 2 aromatic heterocycles. The molecule has 0 atom stereocenters. The average Bonchev–Trinajstić information content (AvgIpc) is 3.33. The van der Waals surface area contributed by atoms with Gasteiger partial charge in [0.05, 0.1) is 5.69 Å². The average molecular weight is 395 g/mol. The summed E-state index contributed by atoms with van der Waals surface area (Å²) >= 11 is 0. The number of aryl methyl sites for hydroxylation is 1. The summed E-state index contributed by atoms with van der Waals surface area (Å²) in [6.45, 7) is 1.57. The molecule has 0 bridgehead atoms. The molecule has 4 aromatic rings. The minimum Gasteiger partial charge on any atom is -0.334 e. The van der Waals surface area contributed by atoms with Gasteiger partial charge in [-0.2, -0.15) is 4.98 Å². The number of aromatic nitrogens is 4. The van der Waals surface area contributed by atoms with E-state index in [0.29, 0.717) is 17.4 Å². The van der Waals surface area contributed by atoms with Crippen LogP contribution in [0.3, 0.4) is 0 Å². The van der Waals surface area contributed by atoms with Crippen LogP contribution < -0.4 is 5.32 Å². The van der Waals surface area contributed by atoms with Crippen LogP contribution in [0, 0.1) is 18.6 Å². The number of carbonyl (C=O) groups is 1. The molecule has 146 valence electrons. The summed E-state index contributed by atoms with van der Waals surface area (Å²) in [7, 11) is 0. The quantitative estimate of drug-likeness (QED) is 0.555. The van der Waals surface area contributed by atoms with E-state index in [2.05, 4.69) is 20.4 Å². The fourth-order valence-corrected chi connectivity index (χ4v) is 2.74. The fraction of sp³-hybridized carbons (Fsp3) is 0.100. The topological polar surface area (TPSA) is 85.8 Å². The first kappa shape index (κ1) is 18.5. The van der Waals surface area contributed by atoms with E-state index in [9.17, 15) is 13.6 Å². The first-order chi connectivity index (χ1) is 14.0. The number of imidazole rings is 1. The summed E-state index contributed by atoms with van der Waals surface area (Å²) in [5, 5.41) is 6.28. The molecule has 0 radical (unpaired) electrons. The Hall–Kier alpha value is -3.88. The van der Waals surface area contributed by atoms with Crippen LogP contribution in [-0.2, 0) is 11.3 Å². The van der Waals surface area contributed by atoms with Gasteiger partial charge < -0.3 is 14.4 Å². The van der Waals surface area contributed by atoms with Crippen molar-refractivity contribution in [2.24, 2.45) is 0 Å². The second-order valence-corrected chi connectivity index (χ2v) is 6.26. The molecule has 0 fully saturated rings. The minimum absolute atomic E-state index is 0.141. The third kappa shape index (κ3) is 4.03. The normalized spacial score (nSPS) is 10.9. The highest BCUT2D eigenvalue weighted by atomic mass is 19.1. The molecule has 0 aliphatic carbocycles. The predicted molar refractivity (Wildman–Crippen MR) is 101 cm³/mol. The van der Waals surface area contributed by atoms with Crippen LogP contribution in [0.4, 0.5) is 14.5 Å². The molecule has 0 unspecified atom stereocenters. The van der Waals surface area contributed by atoms with Gasteiger partial charge in [0.2, 0.25) is 11.7 Å². The Labute approximate surface area is 164 Å². The molecule has 1 N–H and O–H groups in total. The van der Waals surface area contributed by atoms with Crippen molar-refractivity contribution in [3.05, 3.63) is 72.2 Å². The Bertz CT molecular complexity index is 1170. The number of nitrogens with zero attached hydrogens (tertiary/aromatic N) is 4. The van der Waals surface area contributed by atoms with Gasteiger partial charge in [0.25, 0.3) is 5.89 Å². The number of benzene rings is 2. The second-order valence-electron chi connectivity index (χ2n) is 6.26. The van der Waals surface area contributed by atoms with E-state index in [1.165, 1.54) is 0 Å². The summed E-state index contributed by atoms with van der Waals surface area (Å²) in [4.78, 5) is 20.9. The maximum absolute atomic E-state index is 13.7. The molecular weight excluding hydrogens is 380 g/mol. The third-order valence-electron chi connectivity index (χ3n) is 4.17. The maximum atomic E-state index is 13.7. The summed E-state index contributed by atoms with van der Waals surface area (Å²) in [5.74, 6) is -0.730. The SMILES string of the molecule is Cc1nc(-c2noc(-c3ccccc3)n2)cn1CC(=O)Nc1cc(F)ccc1F. The van der Waals surface area contributed by atoms with E-state index < -0.39 is 17.5 Å². The monoisotopic (exact) mass is 395 g/mol. The number of rotatable bonds is 5. The highest BCUT2D eigenvalue weighted by Gasteiger charge is 2.16. The van der Waals surface area contributed by atoms with Crippen LogP contribution >= 0.6 is 0 Å². The maximum Gasteiger partial charge on any atom is 0.258 e. The van der Waals surface area contributed by atoms with Crippen molar-refractivity contribution in [2.45, 2.75) is 13.5 Å². The van der Waals surface area contributed by atoms with Crippen molar-refractivity contribution < 1.29 is 18.1 Å². The zero-order valence-corrected chi connectivity index (χ0v) is 15.3. The number of halogens is 2. The van der Waals surface area contributed by atoms with Gasteiger partial charge >= 0.3 is 0 Å². The van der Waals surface area contributed by atoms with E-state index in [1.807, 2.05) is 30.3 Å². The lowest BCUT2D eigenvalue weighted by molar-refractivity contribution is -0.116. The predicted octanol–water partition coefficient (Wildman–Crippen LogP) is 3.83. The van der Waals surface area contributed by atoms with Crippen molar-refractivity contribution in [2.75, 3.05) is 5.32 Å². The Morgan fingerprint density at radius 3 is 2.72 bits per heavy atom. The van der Waals surface area contributed by atoms with Gasteiger partial charge in [-0.15, -0.1) is 0 Å². The standard InChI is InChI=1S/C20H15F2N5O2/c1-12-23-17(19-25-20(29-26-19)13-5-3-2-4-6-13)10-27(12)11-18(28)24-16-9-14(21)7-8-15(16)22/h2-10H,11H2,1H3,(H,24,28). The molecule has 0 aliphatic heterocycles. The smallest absolute Gasteiger partial charge is 0.258 e. The van der Waals surface area contributed by atoms with Crippen molar-refractivity contribution >= 4 is 11.6 Å². The molecule has 9 heteroatoms. The zero-order valence-electron chi connectivity index (χ0n) is 15.3. The molecule has 4 rings (SSSR count). The lowest BCUT2D eigenvalue weighted by Crippen LogP contribution is -2.19. The van der Waals surface area contributed by atoms with Crippen molar-refractivity contribution in [1.82, 2.24) is 19.7 Å². The first-order valence-corrected chi connectivity index (χ1v) is 8.68. The molecule has 0 spiro atoms. The van der Waals surface area contributed by atoms with Crippen molar-refractivity contribution in [3.8, 4) is 23.0 Å². The molecule has 1 amide bonds. The van der Waals surface area contributed by atoms with Crippen LogP contribution in [-0.4, -0.2) is 25.6 Å². The number of nitrogens with one attached hydrogen (secondary N) is 1. The van der Waals surface area contributed by atoms with Crippen LogP contribution in [0.25, 0.3) is 23.0 Å². The van der Waals surface area contributed by atoms with Gasteiger partial charge in [-0.1, -0.05) is 23.4 Å². The lowest BCUT2D eigenvalue weighted by atomic mass is 10.2. The van der Waals surface area contributed by atoms with Crippen LogP contribution in [0.5, 0.6) is 0 Å². The fourth-order valence-electron chi connectivity index (χ4n) is 2.74. The summed E-state index contributed by atoms with van der Waals surface area (Å²) in [6.07, 6.45) is 1.59. The largest absolute Gasteiger partial charge is 0.334 e. The van der Waals surface area contributed by atoms with Crippen molar-refractivity contribution in [1.29, 1.82) is 0 Å². The van der Waals surface area contributed by atoms with E-state index in [0.717, 1.165) is 23.8 Å². The number of hydrogen-bond acceptors (Lipinski definition) is 5. The van der Waals surface area contributed by atoms with Crippen LogP contribution in [0.15, 0.2) is 59.3 Å². The molecule has 2 aromatic carbocycles. The van der Waals surface area contributed by atoms with E-state index in [1.54, 1.807) is 17.7 Å². The highest BCUT2D eigenvalue weighted by Crippen LogP contribution is 2.22. The van der Waals surface area contributed by atoms with Gasteiger partial charge in [0, 0.05) is 17.8 Å². The lowest BCUT2D eigenvalue weighted by Gasteiger charge is -2.08. The molecular formula is C20H15F2N5O2. The van der Waals surface area contributed by atoms with Gasteiger partial charge in [0.1, 0.15) is 29.7 Å². The molecule has 0 saturated heterocycles. The molecule has 7 nitrogen and oxygen atoms in total. The number of anilines is 1. The zero-order chi connectivity index (χ0) is 20.4. The van der Waals surface area contributed by atoms with Crippen LogP contribution in [0.2, 0.25) is 0 Å². The Balaban J connectivity index is 1.50. The van der Waals surface area contributed by atoms with E-state index in [-0.39, 0.29) is 18.1 Å². The van der Waals surface area contributed by atoms with Crippen molar-refractivity contribution in [3.63, 3.8) is 0 Å². The Kier molecular flexibility index (Phi) is 4.86. The first-order valence-electron chi connectivity index (χ1n) is 8.68. The van der Waals surface area contributed by atoms with Gasteiger partial charge in [-0.05, 0) is 31.2 Å². The minimum atomic E-state index is -0.719. The number of hydrogen-bond donors (Lipinski definition) is 1. The van der Waals surface area contributed by atoms with Gasteiger partial charge in [0.15, 0.2) is 0 Å².